The van der Waals surface area contributed by atoms with Gasteiger partial charge in [0, 0.05) is 30.6 Å². The van der Waals surface area contributed by atoms with Crippen molar-refractivity contribution in [2.24, 2.45) is 11.8 Å². The van der Waals surface area contributed by atoms with E-state index < -0.39 is 5.97 Å². The second-order valence-corrected chi connectivity index (χ2v) is 6.45. The van der Waals surface area contributed by atoms with Crippen LogP contribution in [0.4, 0.5) is 0 Å². The fourth-order valence-corrected chi connectivity index (χ4v) is 3.40. The van der Waals surface area contributed by atoms with Crippen molar-refractivity contribution in [1.29, 1.82) is 0 Å². The second kappa shape index (κ2) is 5.95. The number of carboxylic acid groups (broad SMARTS) is 1. The van der Waals surface area contributed by atoms with Crippen molar-refractivity contribution in [2.75, 3.05) is 13.1 Å². The molecule has 1 fully saturated rings. The molecule has 5 heteroatoms. The van der Waals surface area contributed by atoms with E-state index in [1.165, 1.54) is 0 Å². The van der Waals surface area contributed by atoms with E-state index in [0.717, 1.165) is 35.9 Å². The predicted octanol–water partition coefficient (Wildman–Crippen LogP) is 2.96. The van der Waals surface area contributed by atoms with E-state index in [1.807, 2.05) is 18.2 Å². The molecule has 0 aliphatic carbocycles. The number of carboxylic acids is 1. The number of aliphatic carboxylic acids is 1. The molecular weight excluding hydrogens is 284 g/mol. The Morgan fingerprint density at radius 2 is 2.14 bits per heavy atom. The van der Waals surface area contributed by atoms with E-state index in [0.29, 0.717) is 0 Å². The Morgan fingerprint density at radius 1 is 1.43 bits per heavy atom. The first kappa shape index (κ1) is 14.2. The van der Waals surface area contributed by atoms with Crippen LogP contribution < -0.4 is 0 Å². The number of thiazole rings is 1. The molecule has 1 saturated heterocycles. The van der Waals surface area contributed by atoms with Gasteiger partial charge in [-0.1, -0.05) is 37.3 Å². The fraction of sp³-hybridized carbons (Fsp3) is 0.375. The van der Waals surface area contributed by atoms with E-state index in [-0.39, 0.29) is 11.8 Å². The van der Waals surface area contributed by atoms with Crippen LogP contribution in [0.3, 0.4) is 0 Å². The Morgan fingerprint density at radius 3 is 2.81 bits per heavy atom. The zero-order valence-electron chi connectivity index (χ0n) is 11.9. The van der Waals surface area contributed by atoms with Crippen LogP contribution in [0.5, 0.6) is 0 Å². The molecule has 1 aliphatic rings. The first-order valence-corrected chi connectivity index (χ1v) is 7.96. The minimum Gasteiger partial charge on any atom is -0.481 e. The van der Waals surface area contributed by atoms with Crippen molar-refractivity contribution in [3.05, 3.63) is 41.4 Å². The number of benzene rings is 1. The molecule has 4 nitrogen and oxygen atoms in total. The SMILES string of the molecule is CC(C(=O)O)C1CN(Cc2csc(-c3ccccc3)n2)C1. The van der Waals surface area contributed by atoms with Crippen LogP contribution in [0, 0.1) is 11.8 Å². The summed E-state index contributed by atoms with van der Waals surface area (Å²) in [5, 5.41) is 12.1. The highest BCUT2D eigenvalue weighted by atomic mass is 32.1. The maximum Gasteiger partial charge on any atom is 0.306 e. The van der Waals surface area contributed by atoms with Crippen LogP contribution in [-0.2, 0) is 11.3 Å². The molecule has 1 atom stereocenters. The van der Waals surface area contributed by atoms with Gasteiger partial charge in [0.05, 0.1) is 11.6 Å². The van der Waals surface area contributed by atoms with Crippen LogP contribution in [-0.4, -0.2) is 34.0 Å². The minimum atomic E-state index is -0.695. The molecule has 0 radical (unpaired) electrons. The van der Waals surface area contributed by atoms with Crippen LogP contribution in [0.25, 0.3) is 10.6 Å². The molecule has 1 aliphatic heterocycles. The summed E-state index contributed by atoms with van der Waals surface area (Å²) in [5.74, 6) is -0.675. The molecule has 1 aromatic heterocycles. The predicted molar refractivity (Wildman–Crippen MR) is 83.1 cm³/mol. The molecular formula is C16H18N2O2S. The maximum atomic E-state index is 10.9. The number of nitrogens with zero attached hydrogens (tertiary/aromatic N) is 2. The van der Waals surface area contributed by atoms with Gasteiger partial charge < -0.3 is 5.11 Å². The summed E-state index contributed by atoms with van der Waals surface area (Å²) in [6.07, 6.45) is 0. The Bertz CT molecular complexity index is 620. The molecule has 3 rings (SSSR count). The Kier molecular flexibility index (Phi) is 4.03. The zero-order valence-corrected chi connectivity index (χ0v) is 12.7. The lowest BCUT2D eigenvalue weighted by Gasteiger charge is -2.40. The topological polar surface area (TPSA) is 53.4 Å². The van der Waals surface area contributed by atoms with E-state index >= 15 is 0 Å². The molecule has 110 valence electrons. The van der Waals surface area contributed by atoms with Crippen LogP contribution in [0.15, 0.2) is 35.7 Å². The van der Waals surface area contributed by atoms with Gasteiger partial charge >= 0.3 is 5.97 Å². The van der Waals surface area contributed by atoms with Gasteiger partial charge in [0.1, 0.15) is 5.01 Å². The summed E-state index contributed by atoms with van der Waals surface area (Å²) < 4.78 is 0. The van der Waals surface area contributed by atoms with Crippen LogP contribution in [0.1, 0.15) is 12.6 Å². The van der Waals surface area contributed by atoms with Crippen molar-refractivity contribution >= 4 is 17.3 Å². The molecule has 21 heavy (non-hydrogen) atoms. The maximum absolute atomic E-state index is 10.9. The molecule has 1 N–H and O–H groups in total. The molecule has 2 aromatic rings. The Labute approximate surface area is 128 Å². The van der Waals surface area contributed by atoms with E-state index in [4.69, 9.17) is 5.11 Å². The second-order valence-electron chi connectivity index (χ2n) is 5.59. The quantitative estimate of drug-likeness (QED) is 0.922. The highest BCUT2D eigenvalue weighted by Gasteiger charge is 2.34. The Hall–Kier alpha value is -1.72. The van der Waals surface area contributed by atoms with Gasteiger partial charge in [-0.2, -0.15) is 0 Å². The molecule has 0 bridgehead atoms. The summed E-state index contributed by atoms with van der Waals surface area (Å²) in [7, 11) is 0. The number of hydrogen-bond donors (Lipinski definition) is 1. The standard InChI is InChI=1S/C16H18N2O2S/c1-11(16(19)20)13-7-18(8-13)9-14-10-21-15(17-14)12-5-3-2-4-6-12/h2-6,10-11,13H,7-9H2,1H3,(H,19,20). The van der Waals surface area contributed by atoms with Crippen molar-refractivity contribution < 1.29 is 9.90 Å². The van der Waals surface area contributed by atoms with E-state index in [2.05, 4.69) is 27.4 Å². The third-order valence-electron chi connectivity index (χ3n) is 4.04. The highest BCUT2D eigenvalue weighted by Crippen LogP contribution is 2.28. The highest BCUT2D eigenvalue weighted by molar-refractivity contribution is 7.13. The molecule has 0 saturated carbocycles. The van der Waals surface area contributed by atoms with Crippen molar-refractivity contribution in [2.45, 2.75) is 13.5 Å². The number of hydrogen-bond acceptors (Lipinski definition) is 4. The summed E-state index contributed by atoms with van der Waals surface area (Å²) in [6.45, 7) is 4.31. The molecule has 1 aromatic carbocycles. The summed E-state index contributed by atoms with van der Waals surface area (Å²) >= 11 is 1.66. The van der Waals surface area contributed by atoms with E-state index in [9.17, 15) is 4.79 Å². The Balaban J connectivity index is 1.56. The monoisotopic (exact) mass is 302 g/mol. The number of likely N-dealkylation sites (tertiary alicyclic amines) is 1. The zero-order chi connectivity index (χ0) is 14.8. The van der Waals surface area contributed by atoms with Gasteiger partial charge in [-0.05, 0) is 5.92 Å². The van der Waals surface area contributed by atoms with Crippen molar-refractivity contribution in [3.63, 3.8) is 0 Å². The molecule has 1 unspecified atom stereocenters. The van der Waals surface area contributed by atoms with Crippen molar-refractivity contribution in [3.8, 4) is 10.6 Å². The van der Waals surface area contributed by atoms with Crippen LogP contribution >= 0.6 is 11.3 Å². The van der Waals surface area contributed by atoms with Gasteiger partial charge in [-0.25, -0.2) is 4.98 Å². The van der Waals surface area contributed by atoms with Crippen molar-refractivity contribution in [1.82, 2.24) is 9.88 Å². The van der Waals surface area contributed by atoms with Gasteiger partial charge in [0.15, 0.2) is 0 Å². The average Bonchev–Trinajstić information content (AvgIpc) is 2.91. The third kappa shape index (κ3) is 3.14. The largest absolute Gasteiger partial charge is 0.481 e. The average molecular weight is 302 g/mol. The summed E-state index contributed by atoms with van der Waals surface area (Å²) in [6, 6.07) is 10.2. The van der Waals surface area contributed by atoms with Crippen LogP contribution in [0.2, 0.25) is 0 Å². The van der Waals surface area contributed by atoms with Gasteiger partial charge in [-0.15, -0.1) is 11.3 Å². The number of rotatable bonds is 5. The molecule has 2 heterocycles. The van der Waals surface area contributed by atoms with E-state index in [1.54, 1.807) is 18.3 Å². The first-order valence-electron chi connectivity index (χ1n) is 7.08. The molecule has 0 amide bonds. The normalized spacial score (nSPS) is 17.4. The number of carbonyl (C=O) groups is 1. The smallest absolute Gasteiger partial charge is 0.306 e. The lowest BCUT2D eigenvalue weighted by atomic mass is 9.87. The number of aromatic nitrogens is 1. The van der Waals surface area contributed by atoms with Gasteiger partial charge in [-0.3, -0.25) is 9.69 Å². The first-order chi connectivity index (χ1) is 10.1. The molecule has 0 spiro atoms. The fourth-order valence-electron chi connectivity index (χ4n) is 2.58. The lowest BCUT2D eigenvalue weighted by Crippen LogP contribution is -2.50. The summed E-state index contributed by atoms with van der Waals surface area (Å²) in [4.78, 5) is 17.9. The van der Waals surface area contributed by atoms with Gasteiger partial charge in [0.2, 0.25) is 0 Å². The third-order valence-corrected chi connectivity index (χ3v) is 4.98. The van der Waals surface area contributed by atoms with Gasteiger partial charge in [0.25, 0.3) is 0 Å². The minimum absolute atomic E-state index is 0.253. The lowest BCUT2D eigenvalue weighted by molar-refractivity contribution is -0.145. The summed E-state index contributed by atoms with van der Waals surface area (Å²) in [5.41, 5.74) is 2.22.